The molecule has 0 radical (unpaired) electrons. The zero-order valence-electron chi connectivity index (χ0n) is 16.7. The second-order valence-corrected chi connectivity index (χ2v) is 10.1. The topological polar surface area (TPSA) is 104 Å². The molecular formula is C20H24FN5O3S. The second-order valence-electron chi connectivity index (χ2n) is 7.72. The summed E-state index contributed by atoms with van der Waals surface area (Å²) in [5.74, 6) is 1.05. The van der Waals surface area contributed by atoms with Crippen molar-refractivity contribution in [1.82, 2.24) is 24.7 Å². The van der Waals surface area contributed by atoms with E-state index in [1.807, 2.05) is 4.57 Å². The maximum absolute atomic E-state index is 13.1. The van der Waals surface area contributed by atoms with Gasteiger partial charge in [-0.05, 0) is 31.9 Å². The molecule has 0 aromatic carbocycles. The number of halogens is 1. The van der Waals surface area contributed by atoms with Crippen LogP contribution in [0.4, 0.5) is 4.39 Å². The number of aromatic nitrogens is 5. The molecule has 8 nitrogen and oxygen atoms in total. The normalized spacial score (nSPS) is 16.6. The summed E-state index contributed by atoms with van der Waals surface area (Å²) >= 11 is 0. The average molecular weight is 434 g/mol. The molecule has 1 aliphatic carbocycles. The molecule has 160 valence electrons. The summed E-state index contributed by atoms with van der Waals surface area (Å²) in [5, 5.41) is 7.74. The van der Waals surface area contributed by atoms with Crippen LogP contribution >= 0.6 is 0 Å². The molecule has 4 rings (SSSR count). The monoisotopic (exact) mass is 433 g/mol. The minimum absolute atomic E-state index is 0.102. The molecular weight excluding hydrogens is 409 g/mol. The molecule has 0 aliphatic heterocycles. The van der Waals surface area contributed by atoms with Crippen molar-refractivity contribution in [2.45, 2.75) is 62.5 Å². The van der Waals surface area contributed by atoms with Crippen molar-refractivity contribution in [3.8, 4) is 11.6 Å². The summed E-state index contributed by atoms with van der Waals surface area (Å²) in [5.41, 5.74) is 0. The summed E-state index contributed by atoms with van der Waals surface area (Å²) < 4.78 is 46.6. The molecule has 1 saturated carbocycles. The molecule has 3 aromatic heterocycles. The Morgan fingerprint density at radius 1 is 1.20 bits per heavy atom. The molecule has 10 heteroatoms. The quantitative estimate of drug-likeness (QED) is 0.561. The number of furan rings is 1. The van der Waals surface area contributed by atoms with Crippen LogP contribution in [-0.2, 0) is 22.0 Å². The van der Waals surface area contributed by atoms with Gasteiger partial charge in [0.1, 0.15) is 17.4 Å². The lowest BCUT2D eigenvalue weighted by Gasteiger charge is -2.25. The van der Waals surface area contributed by atoms with Crippen LogP contribution < -0.4 is 0 Å². The lowest BCUT2D eigenvalue weighted by molar-refractivity contribution is 0.347. The van der Waals surface area contributed by atoms with Crippen molar-refractivity contribution in [3.05, 3.63) is 48.3 Å². The van der Waals surface area contributed by atoms with Gasteiger partial charge in [0.15, 0.2) is 27.2 Å². The zero-order valence-corrected chi connectivity index (χ0v) is 17.6. The number of hydrogen-bond donors (Lipinski definition) is 0. The summed E-state index contributed by atoms with van der Waals surface area (Å²) in [4.78, 5) is 7.74. The Morgan fingerprint density at radius 3 is 2.60 bits per heavy atom. The van der Waals surface area contributed by atoms with Gasteiger partial charge in [0.05, 0.1) is 23.9 Å². The van der Waals surface area contributed by atoms with Gasteiger partial charge in [-0.15, -0.1) is 10.2 Å². The predicted octanol–water partition coefficient (Wildman–Crippen LogP) is 3.52. The SMILES string of the molecule is C[C@@H](Cc1ncc(F)cn1)S(=O)(=O)Cc1nnc(-c2ccco2)n1C1CCCCC1. The molecule has 0 N–H and O–H groups in total. The van der Waals surface area contributed by atoms with Crippen LogP contribution in [0.5, 0.6) is 0 Å². The Hall–Kier alpha value is -2.62. The lowest BCUT2D eigenvalue weighted by Crippen LogP contribution is -2.26. The van der Waals surface area contributed by atoms with E-state index in [0.29, 0.717) is 17.4 Å². The van der Waals surface area contributed by atoms with Gasteiger partial charge in [0, 0.05) is 12.5 Å². The Balaban J connectivity index is 1.60. The smallest absolute Gasteiger partial charge is 0.200 e. The van der Waals surface area contributed by atoms with Crippen LogP contribution in [-0.4, -0.2) is 38.4 Å². The number of hydrogen-bond acceptors (Lipinski definition) is 7. The highest BCUT2D eigenvalue weighted by molar-refractivity contribution is 7.91. The third-order valence-corrected chi connectivity index (χ3v) is 7.59. The van der Waals surface area contributed by atoms with Gasteiger partial charge in [-0.25, -0.2) is 22.8 Å². The molecule has 0 amide bonds. The Kier molecular flexibility index (Phi) is 5.94. The number of nitrogens with zero attached hydrogens (tertiary/aromatic N) is 5. The first kappa shape index (κ1) is 20.6. The molecule has 3 heterocycles. The molecule has 1 aliphatic rings. The minimum atomic E-state index is -3.57. The fourth-order valence-corrected chi connectivity index (χ4v) is 5.11. The largest absolute Gasteiger partial charge is 0.461 e. The second kappa shape index (κ2) is 8.63. The van der Waals surface area contributed by atoms with E-state index in [1.54, 1.807) is 25.3 Å². The van der Waals surface area contributed by atoms with Gasteiger partial charge in [0.25, 0.3) is 0 Å². The molecule has 30 heavy (non-hydrogen) atoms. The molecule has 0 saturated heterocycles. The highest BCUT2D eigenvalue weighted by Crippen LogP contribution is 2.33. The Labute approximate surface area is 174 Å². The first-order valence-electron chi connectivity index (χ1n) is 10.1. The molecule has 0 spiro atoms. The van der Waals surface area contributed by atoms with Gasteiger partial charge in [-0.1, -0.05) is 19.3 Å². The fraction of sp³-hybridized carbons (Fsp3) is 0.500. The summed E-state index contributed by atoms with van der Waals surface area (Å²) in [6, 6.07) is 3.72. The van der Waals surface area contributed by atoms with Gasteiger partial charge < -0.3 is 8.98 Å². The fourth-order valence-electron chi connectivity index (χ4n) is 3.87. The van der Waals surface area contributed by atoms with Gasteiger partial charge in [-0.2, -0.15) is 0 Å². The zero-order chi connectivity index (χ0) is 21.1. The first-order chi connectivity index (χ1) is 14.4. The van der Waals surface area contributed by atoms with Crippen molar-refractivity contribution in [1.29, 1.82) is 0 Å². The van der Waals surface area contributed by atoms with E-state index in [4.69, 9.17) is 4.42 Å². The van der Waals surface area contributed by atoms with E-state index in [9.17, 15) is 12.8 Å². The van der Waals surface area contributed by atoms with E-state index in [0.717, 1.165) is 38.1 Å². The molecule has 3 aromatic rings. The van der Waals surface area contributed by atoms with Crippen LogP contribution in [0, 0.1) is 5.82 Å². The maximum atomic E-state index is 13.1. The van der Waals surface area contributed by atoms with E-state index in [1.165, 1.54) is 6.42 Å². The third-order valence-electron chi connectivity index (χ3n) is 5.53. The van der Waals surface area contributed by atoms with E-state index >= 15 is 0 Å². The van der Waals surface area contributed by atoms with Gasteiger partial charge in [0.2, 0.25) is 0 Å². The van der Waals surface area contributed by atoms with Crippen molar-refractivity contribution in [2.24, 2.45) is 0 Å². The van der Waals surface area contributed by atoms with Crippen molar-refractivity contribution in [3.63, 3.8) is 0 Å². The predicted molar refractivity (Wildman–Crippen MR) is 108 cm³/mol. The van der Waals surface area contributed by atoms with E-state index in [2.05, 4.69) is 20.2 Å². The van der Waals surface area contributed by atoms with Crippen molar-refractivity contribution in [2.75, 3.05) is 0 Å². The van der Waals surface area contributed by atoms with Crippen LogP contribution in [0.3, 0.4) is 0 Å². The van der Waals surface area contributed by atoms with Crippen LogP contribution in [0.1, 0.15) is 56.7 Å². The van der Waals surface area contributed by atoms with Crippen LogP contribution in [0.15, 0.2) is 35.2 Å². The standard InChI is InChI=1S/C20H24FN5O3S/c1-14(10-18-22-11-15(21)12-23-18)30(27,28)13-19-24-25-20(17-8-5-9-29-17)26(19)16-6-3-2-4-7-16/h5,8-9,11-12,14,16H,2-4,6-7,10,13H2,1H3/t14-/m0/s1. The van der Waals surface area contributed by atoms with Gasteiger partial charge in [-0.3, -0.25) is 0 Å². The van der Waals surface area contributed by atoms with Gasteiger partial charge >= 0.3 is 0 Å². The first-order valence-corrected chi connectivity index (χ1v) is 11.8. The van der Waals surface area contributed by atoms with Crippen LogP contribution in [0.25, 0.3) is 11.6 Å². The van der Waals surface area contributed by atoms with Crippen molar-refractivity contribution < 1.29 is 17.2 Å². The maximum Gasteiger partial charge on any atom is 0.200 e. The summed E-state index contributed by atoms with van der Waals surface area (Å²) in [7, 11) is -3.57. The minimum Gasteiger partial charge on any atom is -0.461 e. The van der Waals surface area contributed by atoms with E-state index in [-0.39, 0.29) is 24.0 Å². The highest BCUT2D eigenvalue weighted by Gasteiger charge is 2.30. The van der Waals surface area contributed by atoms with Crippen LogP contribution in [0.2, 0.25) is 0 Å². The third kappa shape index (κ3) is 4.43. The summed E-state index contributed by atoms with van der Waals surface area (Å²) in [6.45, 7) is 1.61. The molecule has 1 fully saturated rings. The average Bonchev–Trinajstić information content (AvgIpc) is 3.40. The molecule has 1 atom stereocenters. The lowest BCUT2D eigenvalue weighted by atomic mass is 9.95. The van der Waals surface area contributed by atoms with Crippen molar-refractivity contribution >= 4 is 9.84 Å². The molecule has 0 bridgehead atoms. The number of rotatable bonds is 7. The highest BCUT2D eigenvalue weighted by atomic mass is 32.2. The molecule has 0 unspecified atom stereocenters. The van der Waals surface area contributed by atoms with E-state index < -0.39 is 20.9 Å². The summed E-state index contributed by atoms with van der Waals surface area (Å²) in [6.07, 6.45) is 9.01. The number of sulfone groups is 1. The Bertz CT molecular complexity index is 1070. The Morgan fingerprint density at radius 2 is 1.93 bits per heavy atom.